The molecule has 8 heteroatoms. The van der Waals surface area contributed by atoms with Crippen LogP contribution in [0.4, 0.5) is 0 Å². The number of aryl methyl sites for hydroxylation is 3. The number of nitrogens with zero attached hydrogens (tertiary/aromatic N) is 5. The summed E-state index contributed by atoms with van der Waals surface area (Å²) in [5.41, 5.74) is 4.38. The highest BCUT2D eigenvalue weighted by atomic mass is 16.2. The minimum absolute atomic E-state index is 0.124. The van der Waals surface area contributed by atoms with Crippen LogP contribution in [0.5, 0.6) is 0 Å². The molecule has 1 N–H and O–H groups in total. The van der Waals surface area contributed by atoms with Crippen LogP contribution < -0.4 is 5.32 Å². The van der Waals surface area contributed by atoms with Gasteiger partial charge in [-0.3, -0.25) is 14.3 Å². The Kier molecular flexibility index (Phi) is 5.58. The maximum atomic E-state index is 12.8. The zero-order valence-electron chi connectivity index (χ0n) is 17.7. The normalized spacial score (nSPS) is 15.1. The van der Waals surface area contributed by atoms with E-state index in [1.807, 2.05) is 44.3 Å². The molecular weight excluding hydrogens is 356 g/mol. The zero-order chi connectivity index (χ0) is 20.6. The fraction of sp³-hybridized carbons (Fsp3) is 0.600. The van der Waals surface area contributed by atoms with E-state index >= 15 is 0 Å². The maximum Gasteiger partial charge on any atom is 0.272 e. The Labute approximate surface area is 165 Å². The number of carbonyl (C=O) groups excluding carboxylic acids is 2. The Bertz CT molecular complexity index is 902. The summed E-state index contributed by atoms with van der Waals surface area (Å²) in [7, 11) is 1.90. The van der Waals surface area contributed by atoms with Crippen LogP contribution in [0.2, 0.25) is 0 Å². The molecule has 2 aromatic heterocycles. The second-order valence-electron chi connectivity index (χ2n) is 7.66. The molecule has 3 rings (SSSR count). The number of rotatable bonds is 4. The quantitative estimate of drug-likeness (QED) is 0.870. The summed E-state index contributed by atoms with van der Waals surface area (Å²) >= 11 is 0. The Morgan fingerprint density at radius 2 is 1.75 bits per heavy atom. The highest BCUT2D eigenvalue weighted by Gasteiger charge is 2.27. The second kappa shape index (κ2) is 7.77. The van der Waals surface area contributed by atoms with E-state index in [9.17, 15) is 9.59 Å². The number of likely N-dealkylation sites (tertiary alicyclic amines) is 1. The molecule has 1 aliphatic rings. The first-order valence-corrected chi connectivity index (χ1v) is 9.78. The molecule has 1 fully saturated rings. The van der Waals surface area contributed by atoms with Gasteiger partial charge in [0.1, 0.15) is 11.5 Å². The maximum absolute atomic E-state index is 12.8. The highest BCUT2D eigenvalue weighted by molar-refractivity contribution is 5.93. The van der Waals surface area contributed by atoms with E-state index < -0.39 is 0 Å². The number of nitrogens with one attached hydrogen (secondary N) is 1. The first-order valence-electron chi connectivity index (χ1n) is 9.78. The SMILES string of the molecule is CC(=O)N1CCC(n2c(C)nc(C(=O)NCc3c(C)nn(C)c3C)c2C)CC1. The van der Waals surface area contributed by atoms with Crippen molar-refractivity contribution in [2.75, 3.05) is 13.1 Å². The molecular formula is C20H30N6O2. The van der Waals surface area contributed by atoms with Gasteiger partial charge in [-0.2, -0.15) is 5.10 Å². The third-order valence-corrected chi connectivity index (χ3v) is 5.90. The molecule has 152 valence electrons. The van der Waals surface area contributed by atoms with Crippen LogP contribution in [0, 0.1) is 27.7 Å². The lowest BCUT2D eigenvalue weighted by atomic mass is 10.0. The standard InChI is InChI=1S/C20H30N6O2/c1-12-18(13(2)24(6)23-12)11-21-20(28)19-14(3)26(15(4)22-19)17-7-9-25(10-8-17)16(5)27/h17H,7-11H2,1-6H3,(H,21,28). The predicted octanol–water partition coefficient (Wildman–Crippen LogP) is 1.96. The van der Waals surface area contributed by atoms with Crippen molar-refractivity contribution in [3.05, 3.63) is 34.2 Å². The summed E-state index contributed by atoms with van der Waals surface area (Å²) < 4.78 is 3.99. The Balaban J connectivity index is 1.72. The predicted molar refractivity (Wildman–Crippen MR) is 106 cm³/mol. The molecule has 8 nitrogen and oxygen atoms in total. The van der Waals surface area contributed by atoms with Gasteiger partial charge in [-0.1, -0.05) is 0 Å². The summed E-state index contributed by atoms with van der Waals surface area (Å²) in [4.78, 5) is 30.8. The van der Waals surface area contributed by atoms with Crippen LogP contribution in [0.3, 0.4) is 0 Å². The lowest BCUT2D eigenvalue weighted by Gasteiger charge is -2.33. The van der Waals surface area contributed by atoms with Gasteiger partial charge in [0.2, 0.25) is 5.91 Å². The lowest BCUT2D eigenvalue weighted by Crippen LogP contribution is -2.38. The summed E-state index contributed by atoms with van der Waals surface area (Å²) in [6.07, 6.45) is 1.76. The van der Waals surface area contributed by atoms with Crippen molar-refractivity contribution in [1.82, 2.24) is 29.5 Å². The third-order valence-electron chi connectivity index (χ3n) is 5.90. The van der Waals surface area contributed by atoms with E-state index in [4.69, 9.17) is 0 Å². The van der Waals surface area contributed by atoms with Crippen molar-refractivity contribution in [2.45, 2.75) is 60.0 Å². The van der Waals surface area contributed by atoms with E-state index in [0.29, 0.717) is 12.2 Å². The van der Waals surface area contributed by atoms with Gasteiger partial charge in [-0.05, 0) is 40.5 Å². The smallest absolute Gasteiger partial charge is 0.272 e. The molecule has 0 unspecified atom stereocenters. The number of piperidine rings is 1. The lowest BCUT2D eigenvalue weighted by molar-refractivity contribution is -0.130. The fourth-order valence-corrected chi connectivity index (χ4v) is 4.17. The topological polar surface area (TPSA) is 85.1 Å². The first-order chi connectivity index (χ1) is 13.2. The van der Waals surface area contributed by atoms with E-state index in [1.165, 1.54) is 0 Å². The molecule has 28 heavy (non-hydrogen) atoms. The molecule has 1 aliphatic heterocycles. The van der Waals surface area contributed by atoms with Crippen molar-refractivity contribution in [3.8, 4) is 0 Å². The van der Waals surface area contributed by atoms with Gasteiger partial charge in [0.25, 0.3) is 5.91 Å². The van der Waals surface area contributed by atoms with Gasteiger partial charge in [-0.15, -0.1) is 0 Å². The molecule has 1 saturated heterocycles. The first kappa shape index (κ1) is 20.1. The van der Waals surface area contributed by atoms with Crippen LogP contribution in [-0.2, 0) is 18.4 Å². The average molecular weight is 387 g/mol. The van der Waals surface area contributed by atoms with E-state index in [2.05, 4.69) is 20.0 Å². The molecule has 0 aromatic carbocycles. The highest BCUT2D eigenvalue weighted by Crippen LogP contribution is 2.27. The number of imidazole rings is 1. The Hall–Kier alpha value is -2.64. The van der Waals surface area contributed by atoms with Crippen molar-refractivity contribution >= 4 is 11.8 Å². The van der Waals surface area contributed by atoms with Crippen LogP contribution >= 0.6 is 0 Å². The largest absolute Gasteiger partial charge is 0.346 e. The summed E-state index contributed by atoms with van der Waals surface area (Å²) in [5, 5.41) is 7.39. The van der Waals surface area contributed by atoms with Crippen LogP contribution in [0.25, 0.3) is 0 Å². The van der Waals surface area contributed by atoms with Crippen LogP contribution in [0.15, 0.2) is 0 Å². The van der Waals surface area contributed by atoms with Gasteiger partial charge >= 0.3 is 0 Å². The molecule has 0 saturated carbocycles. The van der Waals surface area contributed by atoms with Crippen molar-refractivity contribution in [1.29, 1.82) is 0 Å². The van der Waals surface area contributed by atoms with Crippen LogP contribution in [-0.4, -0.2) is 49.1 Å². The molecule has 2 aromatic rings. The van der Waals surface area contributed by atoms with E-state index in [1.54, 1.807) is 6.92 Å². The zero-order valence-corrected chi connectivity index (χ0v) is 17.7. The van der Waals surface area contributed by atoms with Gasteiger partial charge in [0, 0.05) is 56.6 Å². The van der Waals surface area contributed by atoms with Crippen molar-refractivity contribution in [2.24, 2.45) is 7.05 Å². The average Bonchev–Trinajstić information content (AvgIpc) is 3.08. The van der Waals surface area contributed by atoms with Gasteiger partial charge in [-0.25, -0.2) is 4.98 Å². The Morgan fingerprint density at radius 1 is 1.11 bits per heavy atom. The number of hydrogen-bond donors (Lipinski definition) is 1. The summed E-state index contributed by atoms with van der Waals surface area (Å²) in [6.45, 7) is 11.4. The second-order valence-corrected chi connectivity index (χ2v) is 7.66. The number of hydrogen-bond acceptors (Lipinski definition) is 4. The number of aromatic nitrogens is 4. The monoisotopic (exact) mass is 386 g/mol. The third kappa shape index (κ3) is 3.68. The molecule has 2 amide bonds. The minimum atomic E-state index is -0.164. The molecule has 0 radical (unpaired) electrons. The van der Waals surface area contributed by atoms with Crippen molar-refractivity contribution in [3.63, 3.8) is 0 Å². The van der Waals surface area contributed by atoms with E-state index in [0.717, 1.165) is 54.4 Å². The summed E-state index contributed by atoms with van der Waals surface area (Å²) in [6, 6.07) is 0.271. The van der Waals surface area contributed by atoms with Gasteiger partial charge in [0.15, 0.2) is 0 Å². The molecule has 3 heterocycles. The van der Waals surface area contributed by atoms with Crippen molar-refractivity contribution < 1.29 is 9.59 Å². The molecule has 0 bridgehead atoms. The number of amides is 2. The minimum Gasteiger partial charge on any atom is -0.346 e. The number of carbonyl (C=O) groups is 2. The molecule has 0 aliphatic carbocycles. The van der Waals surface area contributed by atoms with Gasteiger partial charge < -0.3 is 14.8 Å². The molecule has 0 atom stereocenters. The molecule has 0 spiro atoms. The Morgan fingerprint density at radius 3 is 2.29 bits per heavy atom. The summed E-state index contributed by atoms with van der Waals surface area (Å²) in [5.74, 6) is 0.805. The van der Waals surface area contributed by atoms with E-state index in [-0.39, 0.29) is 17.9 Å². The fourth-order valence-electron chi connectivity index (χ4n) is 4.17. The van der Waals surface area contributed by atoms with Crippen LogP contribution in [0.1, 0.15) is 64.8 Å². The van der Waals surface area contributed by atoms with Gasteiger partial charge in [0.05, 0.1) is 5.69 Å².